The van der Waals surface area contributed by atoms with E-state index in [0.717, 1.165) is 0 Å². The highest BCUT2D eigenvalue weighted by Crippen LogP contribution is 2.54. The van der Waals surface area contributed by atoms with Crippen LogP contribution in [0.2, 0.25) is 0 Å². The first-order valence-corrected chi connectivity index (χ1v) is 7.34. The van der Waals surface area contributed by atoms with Gasteiger partial charge in [-0.3, -0.25) is 9.05 Å². The molecule has 0 saturated carbocycles. The molecule has 0 bridgehead atoms. The molecule has 0 spiro atoms. The summed E-state index contributed by atoms with van der Waals surface area (Å²) in [5, 5.41) is 8.77. The van der Waals surface area contributed by atoms with Gasteiger partial charge in [-0.1, -0.05) is 0 Å². The molecule has 104 valence electrons. The lowest BCUT2D eigenvalue weighted by Crippen LogP contribution is -2.25. The lowest BCUT2D eigenvalue weighted by atomic mass is 10.2. The van der Waals surface area contributed by atoms with Crippen molar-refractivity contribution in [1.82, 2.24) is 0 Å². The fourth-order valence-corrected chi connectivity index (χ4v) is 3.42. The molecule has 1 saturated heterocycles. The van der Waals surface area contributed by atoms with Crippen LogP contribution in [-0.4, -0.2) is 23.3 Å². The van der Waals surface area contributed by atoms with Crippen LogP contribution in [0.15, 0.2) is 24.3 Å². The summed E-state index contributed by atoms with van der Waals surface area (Å²) in [6, 6.07) is 5.56. The zero-order valence-electron chi connectivity index (χ0n) is 10.6. The van der Waals surface area contributed by atoms with Gasteiger partial charge in [0.1, 0.15) is 5.75 Å². The van der Waals surface area contributed by atoms with Crippen LogP contribution in [-0.2, 0) is 13.6 Å². The van der Waals surface area contributed by atoms with Gasteiger partial charge in [0.15, 0.2) is 0 Å². The maximum atomic E-state index is 12.3. The Morgan fingerprint density at radius 3 is 2.26 bits per heavy atom. The van der Waals surface area contributed by atoms with Gasteiger partial charge >= 0.3 is 13.8 Å². The van der Waals surface area contributed by atoms with Crippen molar-refractivity contribution in [2.75, 3.05) is 0 Å². The van der Waals surface area contributed by atoms with Crippen LogP contribution < -0.4 is 4.52 Å². The summed E-state index contributed by atoms with van der Waals surface area (Å²) in [7, 11) is -3.63. The highest BCUT2D eigenvalue weighted by atomic mass is 31.2. The molecule has 1 heterocycles. The molecular weight excluding hydrogens is 271 g/mol. The van der Waals surface area contributed by atoms with Crippen LogP contribution in [0.25, 0.3) is 0 Å². The van der Waals surface area contributed by atoms with E-state index < -0.39 is 13.8 Å². The Hall–Kier alpha value is -1.36. The molecule has 19 heavy (non-hydrogen) atoms. The minimum atomic E-state index is -3.63. The van der Waals surface area contributed by atoms with Crippen LogP contribution in [0.3, 0.4) is 0 Å². The Morgan fingerprint density at radius 1 is 1.26 bits per heavy atom. The molecule has 1 aromatic rings. The first-order chi connectivity index (χ1) is 8.88. The van der Waals surface area contributed by atoms with Crippen molar-refractivity contribution >= 4 is 13.8 Å². The molecule has 1 aliphatic heterocycles. The van der Waals surface area contributed by atoms with Crippen molar-refractivity contribution < 1.29 is 28.0 Å². The molecule has 7 heteroatoms. The first-order valence-electron chi connectivity index (χ1n) is 5.88. The maximum absolute atomic E-state index is 12.3. The van der Waals surface area contributed by atoms with E-state index in [1.54, 1.807) is 13.8 Å². The molecule has 3 atom stereocenters. The minimum Gasteiger partial charge on any atom is -0.478 e. The predicted molar refractivity (Wildman–Crippen MR) is 67.3 cm³/mol. The van der Waals surface area contributed by atoms with Crippen molar-refractivity contribution in [2.24, 2.45) is 0 Å². The first kappa shape index (κ1) is 14.1. The number of benzene rings is 1. The van der Waals surface area contributed by atoms with Gasteiger partial charge in [-0.05, 0) is 38.1 Å². The standard InChI is InChI=1S/C12H15O6P/c1-8-7-9(2)17-19(15,16-8)18-11-5-3-10(4-6-11)12(13)14/h3-6,8-9H,7H2,1-2H3,(H,13,14)/t8-,9+,19?. The third kappa shape index (κ3) is 3.56. The lowest BCUT2D eigenvalue weighted by Gasteiger charge is -2.30. The summed E-state index contributed by atoms with van der Waals surface area (Å²) in [6.07, 6.45) is 0.214. The topological polar surface area (TPSA) is 82.1 Å². The number of phosphoric ester groups is 1. The van der Waals surface area contributed by atoms with E-state index in [1.807, 2.05) is 0 Å². The van der Waals surface area contributed by atoms with Crippen molar-refractivity contribution in [3.8, 4) is 5.75 Å². The lowest BCUT2D eigenvalue weighted by molar-refractivity contribution is 0.0217. The second-order valence-corrected chi connectivity index (χ2v) is 5.93. The second-order valence-electron chi connectivity index (χ2n) is 4.44. The van der Waals surface area contributed by atoms with Crippen LogP contribution in [0.1, 0.15) is 30.6 Å². The zero-order chi connectivity index (χ0) is 14.0. The molecule has 1 fully saturated rings. The van der Waals surface area contributed by atoms with Gasteiger partial charge in [-0.25, -0.2) is 9.36 Å². The molecule has 1 unspecified atom stereocenters. The fraction of sp³-hybridized carbons (Fsp3) is 0.417. The van der Waals surface area contributed by atoms with Crippen LogP contribution >= 0.6 is 7.82 Å². The van der Waals surface area contributed by atoms with Crippen LogP contribution in [0.5, 0.6) is 5.75 Å². The average Bonchev–Trinajstić information content (AvgIpc) is 2.26. The molecule has 0 radical (unpaired) electrons. The number of carboxylic acid groups (broad SMARTS) is 1. The summed E-state index contributed by atoms with van der Waals surface area (Å²) < 4.78 is 27.9. The van der Waals surface area contributed by atoms with Crippen molar-refractivity contribution in [3.63, 3.8) is 0 Å². The molecule has 1 aliphatic rings. The number of aromatic carboxylic acids is 1. The number of carboxylic acids is 1. The summed E-state index contributed by atoms with van der Waals surface area (Å²) in [4.78, 5) is 10.7. The molecule has 0 amide bonds. The fourth-order valence-electron chi connectivity index (χ4n) is 1.85. The normalized spacial score (nSPS) is 30.8. The molecule has 0 aliphatic carbocycles. The minimum absolute atomic E-state index is 0.123. The second kappa shape index (κ2) is 5.33. The Morgan fingerprint density at radius 2 is 1.79 bits per heavy atom. The highest BCUT2D eigenvalue weighted by Gasteiger charge is 2.38. The van der Waals surface area contributed by atoms with Gasteiger partial charge in [0.05, 0.1) is 17.8 Å². The number of hydrogen-bond donors (Lipinski definition) is 1. The highest BCUT2D eigenvalue weighted by molar-refractivity contribution is 7.49. The van der Waals surface area contributed by atoms with Crippen LogP contribution in [0, 0.1) is 0 Å². The smallest absolute Gasteiger partial charge is 0.478 e. The van der Waals surface area contributed by atoms with Crippen molar-refractivity contribution in [2.45, 2.75) is 32.5 Å². The Balaban J connectivity index is 2.11. The predicted octanol–water partition coefficient (Wildman–Crippen LogP) is 3.09. The van der Waals surface area contributed by atoms with Gasteiger partial charge in [-0.15, -0.1) is 0 Å². The molecule has 6 nitrogen and oxygen atoms in total. The van der Waals surface area contributed by atoms with Gasteiger partial charge in [0.25, 0.3) is 0 Å². The Kier molecular flexibility index (Phi) is 3.94. The number of hydrogen-bond acceptors (Lipinski definition) is 5. The number of rotatable bonds is 3. The summed E-state index contributed by atoms with van der Waals surface area (Å²) in [5.74, 6) is -0.791. The van der Waals surface area contributed by atoms with E-state index in [2.05, 4.69) is 0 Å². The SMILES string of the molecule is C[C@@H]1C[C@H](C)OP(=O)(Oc2ccc(C(=O)O)cc2)O1. The van der Waals surface area contributed by atoms with Gasteiger partial charge in [0, 0.05) is 6.42 Å². The largest absolute Gasteiger partial charge is 0.530 e. The van der Waals surface area contributed by atoms with Crippen molar-refractivity contribution in [3.05, 3.63) is 29.8 Å². The van der Waals surface area contributed by atoms with Gasteiger partial charge in [0.2, 0.25) is 0 Å². The van der Waals surface area contributed by atoms with Crippen molar-refractivity contribution in [1.29, 1.82) is 0 Å². The van der Waals surface area contributed by atoms with E-state index >= 15 is 0 Å². The monoisotopic (exact) mass is 286 g/mol. The van der Waals surface area contributed by atoms with E-state index in [0.29, 0.717) is 6.42 Å². The maximum Gasteiger partial charge on any atom is 0.530 e. The van der Waals surface area contributed by atoms with E-state index in [-0.39, 0.29) is 23.5 Å². The average molecular weight is 286 g/mol. The third-order valence-corrected chi connectivity index (χ3v) is 4.27. The molecular formula is C12H15O6P. The number of phosphoric acid groups is 1. The van der Waals surface area contributed by atoms with E-state index in [1.165, 1.54) is 24.3 Å². The molecule has 1 N–H and O–H groups in total. The summed E-state index contributed by atoms with van der Waals surface area (Å²) in [6.45, 7) is 3.59. The third-order valence-electron chi connectivity index (χ3n) is 2.60. The zero-order valence-corrected chi connectivity index (χ0v) is 11.5. The van der Waals surface area contributed by atoms with Crippen LogP contribution in [0.4, 0.5) is 0 Å². The summed E-state index contributed by atoms with van der Waals surface area (Å²) >= 11 is 0. The number of carbonyl (C=O) groups is 1. The quantitative estimate of drug-likeness (QED) is 0.860. The molecule has 1 aromatic carbocycles. The summed E-state index contributed by atoms with van der Waals surface area (Å²) in [5.41, 5.74) is 0.123. The van der Waals surface area contributed by atoms with E-state index in [4.69, 9.17) is 18.7 Å². The molecule has 0 aromatic heterocycles. The van der Waals surface area contributed by atoms with Gasteiger partial charge < -0.3 is 9.63 Å². The van der Waals surface area contributed by atoms with Gasteiger partial charge in [-0.2, -0.15) is 0 Å². The van der Waals surface area contributed by atoms with E-state index in [9.17, 15) is 9.36 Å². The molecule has 2 rings (SSSR count). The Bertz CT molecular complexity index is 497. The Labute approximate surface area is 110 Å².